The molecule has 2 aromatic carbocycles. The summed E-state index contributed by atoms with van der Waals surface area (Å²) in [5.74, 6) is 1.34. The van der Waals surface area contributed by atoms with E-state index in [2.05, 4.69) is 10.0 Å². The van der Waals surface area contributed by atoms with Crippen molar-refractivity contribution in [2.45, 2.75) is 0 Å². The molecule has 0 aliphatic carbocycles. The second-order valence-electron chi connectivity index (χ2n) is 5.16. The second-order valence-corrected chi connectivity index (χ2v) is 7.04. The summed E-state index contributed by atoms with van der Waals surface area (Å²) in [6, 6.07) is 12.4. The Morgan fingerprint density at radius 3 is 2.08 bits per heavy atom. The van der Waals surface area contributed by atoms with Crippen LogP contribution in [-0.2, 0) is 10.2 Å². The van der Waals surface area contributed by atoms with Crippen LogP contribution in [0.25, 0.3) is 0 Å². The van der Waals surface area contributed by atoms with Gasteiger partial charge >= 0.3 is 10.2 Å². The first kappa shape index (κ1) is 17.9. The zero-order chi connectivity index (χ0) is 17.7. The van der Waals surface area contributed by atoms with Gasteiger partial charge in [0.15, 0.2) is 0 Å². The van der Waals surface area contributed by atoms with Crippen LogP contribution in [0.2, 0.25) is 0 Å². The van der Waals surface area contributed by atoms with E-state index in [0.717, 1.165) is 15.7 Å². The lowest BCUT2D eigenvalue weighted by atomic mass is 10.2. The zero-order valence-corrected chi connectivity index (χ0v) is 14.8. The average molecular weight is 351 g/mol. The Labute approximate surface area is 142 Å². The Kier molecular flexibility index (Phi) is 5.53. The van der Waals surface area contributed by atoms with Gasteiger partial charge < -0.3 is 14.8 Å². The Morgan fingerprint density at radius 1 is 0.917 bits per heavy atom. The average Bonchev–Trinajstić information content (AvgIpc) is 2.56. The molecule has 0 atom stereocenters. The van der Waals surface area contributed by atoms with E-state index in [1.54, 1.807) is 44.6 Å². The van der Waals surface area contributed by atoms with Gasteiger partial charge in [-0.1, -0.05) is 0 Å². The lowest BCUT2D eigenvalue weighted by molar-refractivity contribution is 0.395. The van der Waals surface area contributed by atoms with Crippen molar-refractivity contribution in [3.63, 3.8) is 0 Å². The lowest BCUT2D eigenvalue weighted by Crippen LogP contribution is -2.28. The molecule has 0 bridgehead atoms. The number of hydrogen-bond acceptors (Lipinski definition) is 5. The van der Waals surface area contributed by atoms with Crippen LogP contribution in [0.4, 0.5) is 17.1 Å². The van der Waals surface area contributed by atoms with Gasteiger partial charge in [0.05, 0.1) is 19.9 Å². The number of nitrogens with one attached hydrogen (secondary N) is 2. The van der Waals surface area contributed by atoms with E-state index in [1.807, 2.05) is 12.1 Å². The molecule has 0 aromatic heterocycles. The van der Waals surface area contributed by atoms with Crippen molar-refractivity contribution >= 4 is 27.3 Å². The molecule has 0 aliphatic heterocycles. The molecule has 0 spiro atoms. The predicted octanol–water partition coefficient (Wildman–Crippen LogP) is 2.67. The third-order valence-corrected chi connectivity index (χ3v) is 4.76. The second kappa shape index (κ2) is 7.41. The highest BCUT2D eigenvalue weighted by Gasteiger charge is 2.12. The van der Waals surface area contributed by atoms with Crippen LogP contribution >= 0.6 is 0 Å². The highest BCUT2D eigenvalue weighted by molar-refractivity contribution is 7.90. The quantitative estimate of drug-likeness (QED) is 0.802. The smallest absolute Gasteiger partial charge is 0.301 e. The highest BCUT2D eigenvalue weighted by Crippen LogP contribution is 2.31. The molecule has 2 N–H and O–H groups in total. The minimum absolute atomic E-state index is 0.482. The van der Waals surface area contributed by atoms with E-state index >= 15 is 0 Å². The van der Waals surface area contributed by atoms with Gasteiger partial charge in [0.2, 0.25) is 0 Å². The molecular weight excluding hydrogens is 330 g/mol. The molecule has 0 saturated heterocycles. The Hall–Kier alpha value is -2.45. The summed E-state index contributed by atoms with van der Waals surface area (Å²) in [7, 11) is 2.60. The van der Waals surface area contributed by atoms with E-state index in [1.165, 1.54) is 14.1 Å². The highest BCUT2D eigenvalue weighted by atomic mass is 32.2. The molecule has 2 aromatic rings. The number of methoxy groups -OCH3 is 2. The first-order chi connectivity index (χ1) is 11.4. The number of hydrogen-bond donors (Lipinski definition) is 2. The Morgan fingerprint density at radius 2 is 1.54 bits per heavy atom. The van der Waals surface area contributed by atoms with Crippen LogP contribution in [0, 0.1) is 0 Å². The van der Waals surface area contributed by atoms with Crippen molar-refractivity contribution in [2.24, 2.45) is 0 Å². The summed E-state index contributed by atoms with van der Waals surface area (Å²) < 4.78 is 37.7. The third kappa shape index (κ3) is 4.30. The molecule has 0 amide bonds. The van der Waals surface area contributed by atoms with Gasteiger partial charge in [-0.25, -0.2) is 0 Å². The Bertz CT molecular complexity index is 789. The summed E-state index contributed by atoms with van der Waals surface area (Å²) in [6.45, 7) is 0. The maximum atomic E-state index is 11.8. The fourth-order valence-electron chi connectivity index (χ4n) is 1.92. The van der Waals surface area contributed by atoms with Gasteiger partial charge in [0.25, 0.3) is 0 Å². The van der Waals surface area contributed by atoms with Crippen LogP contribution < -0.4 is 19.5 Å². The summed E-state index contributed by atoms with van der Waals surface area (Å²) in [5, 5.41) is 3.22. The Balaban J connectivity index is 2.15. The maximum Gasteiger partial charge on any atom is 0.301 e. The van der Waals surface area contributed by atoms with Gasteiger partial charge in [-0.15, -0.1) is 0 Å². The molecule has 7 nitrogen and oxygen atoms in total. The van der Waals surface area contributed by atoms with Crippen LogP contribution in [0.15, 0.2) is 42.5 Å². The number of nitrogens with zero attached hydrogens (tertiary/aromatic N) is 1. The van der Waals surface area contributed by atoms with Crippen molar-refractivity contribution in [1.82, 2.24) is 4.31 Å². The van der Waals surface area contributed by atoms with Gasteiger partial charge in [-0.2, -0.15) is 12.7 Å². The zero-order valence-electron chi connectivity index (χ0n) is 14.0. The van der Waals surface area contributed by atoms with Crippen molar-refractivity contribution in [1.29, 1.82) is 0 Å². The van der Waals surface area contributed by atoms with E-state index < -0.39 is 10.2 Å². The lowest BCUT2D eigenvalue weighted by Gasteiger charge is -2.15. The fraction of sp³-hybridized carbons (Fsp3) is 0.250. The SMILES string of the molecule is COc1ccc(Nc2ccc(NS(=O)(=O)N(C)C)cc2)c(OC)c1. The molecule has 0 heterocycles. The first-order valence-corrected chi connectivity index (χ1v) is 8.59. The predicted molar refractivity (Wildman–Crippen MR) is 95.5 cm³/mol. The standard InChI is InChI=1S/C16H21N3O4S/c1-19(2)24(20,21)18-13-7-5-12(6-8-13)17-15-10-9-14(22-3)11-16(15)23-4/h5-11,17-18H,1-4H3. The normalized spacial score (nSPS) is 11.2. The van der Waals surface area contributed by atoms with E-state index in [4.69, 9.17) is 9.47 Å². The van der Waals surface area contributed by atoms with Crippen molar-refractivity contribution in [3.05, 3.63) is 42.5 Å². The van der Waals surface area contributed by atoms with Crippen molar-refractivity contribution in [3.8, 4) is 11.5 Å². The van der Waals surface area contributed by atoms with Crippen LogP contribution in [-0.4, -0.2) is 41.0 Å². The summed E-state index contributed by atoms with van der Waals surface area (Å²) >= 11 is 0. The van der Waals surface area contributed by atoms with Crippen LogP contribution in [0.5, 0.6) is 11.5 Å². The van der Waals surface area contributed by atoms with Crippen LogP contribution in [0.1, 0.15) is 0 Å². The van der Waals surface area contributed by atoms with Gasteiger partial charge in [0.1, 0.15) is 11.5 Å². The van der Waals surface area contributed by atoms with Crippen LogP contribution in [0.3, 0.4) is 0 Å². The number of anilines is 3. The molecule has 0 aliphatic rings. The van der Waals surface area contributed by atoms with Crippen molar-refractivity contribution < 1.29 is 17.9 Å². The molecule has 24 heavy (non-hydrogen) atoms. The van der Waals surface area contributed by atoms with E-state index in [-0.39, 0.29) is 0 Å². The van der Waals surface area contributed by atoms with E-state index in [9.17, 15) is 8.42 Å². The first-order valence-electron chi connectivity index (χ1n) is 7.15. The number of ether oxygens (including phenoxy) is 2. The number of rotatable bonds is 7. The monoisotopic (exact) mass is 351 g/mol. The molecule has 0 saturated carbocycles. The van der Waals surface area contributed by atoms with Crippen molar-refractivity contribution in [2.75, 3.05) is 38.4 Å². The topological polar surface area (TPSA) is 79.9 Å². The molecular formula is C16H21N3O4S. The summed E-state index contributed by atoms with van der Waals surface area (Å²) in [5.41, 5.74) is 2.06. The third-order valence-electron chi connectivity index (χ3n) is 3.30. The molecule has 2 rings (SSSR count). The fourth-order valence-corrected chi connectivity index (χ4v) is 2.54. The largest absolute Gasteiger partial charge is 0.497 e. The van der Waals surface area contributed by atoms with E-state index in [0.29, 0.717) is 17.2 Å². The van der Waals surface area contributed by atoms with Gasteiger partial charge in [-0.3, -0.25) is 4.72 Å². The molecule has 0 fully saturated rings. The minimum Gasteiger partial charge on any atom is -0.497 e. The maximum absolute atomic E-state index is 11.8. The molecule has 0 radical (unpaired) electrons. The van der Waals surface area contributed by atoms with Gasteiger partial charge in [0, 0.05) is 31.5 Å². The molecule has 0 unspecified atom stereocenters. The minimum atomic E-state index is -3.51. The molecule has 8 heteroatoms. The number of benzene rings is 2. The van der Waals surface area contributed by atoms with Gasteiger partial charge in [-0.05, 0) is 36.4 Å². The summed E-state index contributed by atoms with van der Waals surface area (Å²) in [6.07, 6.45) is 0. The molecule has 130 valence electrons. The summed E-state index contributed by atoms with van der Waals surface area (Å²) in [4.78, 5) is 0.